The van der Waals surface area contributed by atoms with Gasteiger partial charge in [-0.25, -0.2) is 4.79 Å². The predicted molar refractivity (Wildman–Crippen MR) is 103 cm³/mol. The number of ether oxygens (including phenoxy) is 2. The zero-order valence-electron chi connectivity index (χ0n) is 15.5. The number of benzene rings is 2. The highest BCUT2D eigenvalue weighted by molar-refractivity contribution is 5.80. The van der Waals surface area contributed by atoms with Crippen LogP contribution in [0.3, 0.4) is 0 Å². The maximum absolute atomic E-state index is 12.2. The van der Waals surface area contributed by atoms with Gasteiger partial charge >= 0.3 is 5.97 Å². The van der Waals surface area contributed by atoms with Crippen molar-refractivity contribution in [2.75, 3.05) is 19.5 Å². The molecular formula is C20H24N2O5. The molecule has 27 heavy (non-hydrogen) atoms. The molecule has 0 saturated heterocycles. The molecule has 0 spiro atoms. The van der Waals surface area contributed by atoms with Gasteiger partial charge in [0.1, 0.15) is 5.75 Å². The number of hydrogen-bond acceptors (Lipinski definition) is 6. The van der Waals surface area contributed by atoms with Gasteiger partial charge in [-0.15, -0.1) is 0 Å². The van der Waals surface area contributed by atoms with Crippen molar-refractivity contribution in [2.45, 2.75) is 31.3 Å². The van der Waals surface area contributed by atoms with Crippen LogP contribution in [0.2, 0.25) is 0 Å². The molecule has 0 fully saturated rings. The molecule has 0 aliphatic carbocycles. The van der Waals surface area contributed by atoms with E-state index in [4.69, 9.17) is 9.47 Å². The highest BCUT2D eigenvalue weighted by Crippen LogP contribution is 2.19. The van der Waals surface area contributed by atoms with E-state index in [1.165, 1.54) is 7.11 Å². The number of carbonyl (C=O) groups is 1. The first-order valence-corrected chi connectivity index (χ1v) is 8.71. The summed E-state index contributed by atoms with van der Waals surface area (Å²) in [7, 11) is 2.78. The van der Waals surface area contributed by atoms with Gasteiger partial charge in [-0.3, -0.25) is 10.1 Å². The van der Waals surface area contributed by atoms with E-state index in [0.717, 1.165) is 5.56 Å². The summed E-state index contributed by atoms with van der Waals surface area (Å²) in [6.07, 6.45) is 1.56. The second kappa shape index (κ2) is 10.2. The van der Waals surface area contributed by atoms with E-state index in [0.29, 0.717) is 24.3 Å². The third-order valence-electron chi connectivity index (χ3n) is 4.33. The van der Waals surface area contributed by atoms with E-state index in [-0.39, 0.29) is 6.42 Å². The molecule has 1 N–H and O–H groups in total. The largest absolute Gasteiger partial charge is 0.497 e. The summed E-state index contributed by atoms with van der Waals surface area (Å²) < 4.78 is 9.89. The average molecular weight is 372 g/mol. The Morgan fingerprint density at radius 1 is 1.11 bits per heavy atom. The summed E-state index contributed by atoms with van der Waals surface area (Å²) in [6, 6.07) is 14.4. The van der Waals surface area contributed by atoms with Crippen LogP contribution < -0.4 is 10.1 Å². The number of nitrogens with one attached hydrogen (secondary N) is 1. The number of anilines is 1. The fourth-order valence-electron chi connectivity index (χ4n) is 2.86. The molecular weight excluding hydrogens is 348 g/mol. The van der Waals surface area contributed by atoms with Crippen LogP contribution in [0.15, 0.2) is 54.6 Å². The Bertz CT molecular complexity index is 734. The van der Waals surface area contributed by atoms with Gasteiger partial charge in [0.15, 0.2) is 6.04 Å². The SMILES string of the molecule is COC(=O)[C@H](Nc1ccc(OC)cc1)[C@@H](CCCc1ccccc1)[N+](=O)[O-]. The molecule has 0 aromatic heterocycles. The summed E-state index contributed by atoms with van der Waals surface area (Å²) >= 11 is 0. The van der Waals surface area contributed by atoms with Crippen molar-refractivity contribution < 1.29 is 19.2 Å². The lowest BCUT2D eigenvalue weighted by atomic mass is 9.99. The van der Waals surface area contributed by atoms with E-state index in [1.54, 1.807) is 31.4 Å². The molecule has 0 aliphatic heterocycles. The maximum atomic E-state index is 12.2. The Morgan fingerprint density at radius 3 is 2.33 bits per heavy atom. The Morgan fingerprint density at radius 2 is 1.78 bits per heavy atom. The van der Waals surface area contributed by atoms with Gasteiger partial charge in [0.2, 0.25) is 6.04 Å². The Labute approximate surface area is 158 Å². The monoisotopic (exact) mass is 372 g/mol. The maximum Gasteiger partial charge on any atom is 0.335 e. The van der Waals surface area contributed by atoms with Gasteiger partial charge in [-0.2, -0.15) is 0 Å². The second-order valence-electron chi connectivity index (χ2n) is 6.10. The average Bonchev–Trinajstić information content (AvgIpc) is 2.70. The van der Waals surface area contributed by atoms with Gasteiger partial charge in [0.25, 0.3) is 0 Å². The summed E-state index contributed by atoms with van der Waals surface area (Å²) in [4.78, 5) is 23.4. The number of aryl methyl sites for hydroxylation is 1. The topological polar surface area (TPSA) is 90.7 Å². The number of carbonyl (C=O) groups excluding carboxylic acids is 1. The second-order valence-corrected chi connectivity index (χ2v) is 6.10. The molecule has 144 valence electrons. The fraction of sp³-hybridized carbons (Fsp3) is 0.350. The van der Waals surface area contributed by atoms with Gasteiger partial charge in [-0.1, -0.05) is 30.3 Å². The molecule has 0 heterocycles. The molecule has 2 atom stereocenters. The van der Waals surface area contributed by atoms with Crippen molar-refractivity contribution in [3.05, 3.63) is 70.3 Å². The minimum atomic E-state index is -1.09. The third-order valence-corrected chi connectivity index (χ3v) is 4.33. The number of hydrogen-bond donors (Lipinski definition) is 1. The standard InChI is InChI=1S/C20H24N2O5/c1-26-17-13-11-16(12-14-17)21-19(20(23)27-2)18(22(24)25)10-6-9-15-7-4-3-5-8-15/h3-5,7-8,11-14,18-19,21H,6,9-10H2,1-2H3/t18-,19-/m1/s1. The highest BCUT2D eigenvalue weighted by atomic mass is 16.6. The zero-order valence-corrected chi connectivity index (χ0v) is 15.5. The molecule has 0 aliphatic rings. The van der Waals surface area contributed by atoms with E-state index in [2.05, 4.69) is 5.32 Å². The van der Waals surface area contributed by atoms with Crippen LogP contribution >= 0.6 is 0 Å². The van der Waals surface area contributed by atoms with Crippen LogP contribution in [0.4, 0.5) is 5.69 Å². The van der Waals surface area contributed by atoms with Crippen LogP contribution in [0, 0.1) is 10.1 Å². The number of esters is 1. The smallest absolute Gasteiger partial charge is 0.335 e. The number of rotatable bonds is 10. The third kappa shape index (κ3) is 5.99. The summed E-state index contributed by atoms with van der Waals surface area (Å²) in [5, 5.41) is 14.6. The molecule has 2 aromatic carbocycles. The molecule has 2 rings (SSSR count). The van der Waals surface area contributed by atoms with Crippen LogP contribution in [-0.4, -0.2) is 37.2 Å². The van der Waals surface area contributed by atoms with Crippen molar-refractivity contribution in [3.63, 3.8) is 0 Å². The first-order chi connectivity index (χ1) is 13.0. The summed E-state index contributed by atoms with van der Waals surface area (Å²) in [5.74, 6) is -0.00363. The molecule has 0 unspecified atom stereocenters. The molecule has 0 bridgehead atoms. The number of nitrogens with zero attached hydrogens (tertiary/aromatic N) is 1. The van der Waals surface area contributed by atoms with Gasteiger partial charge in [0, 0.05) is 17.0 Å². The highest BCUT2D eigenvalue weighted by Gasteiger charge is 2.37. The first kappa shape index (κ1) is 20.2. The normalized spacial score (nSPS) is 12.7. The molecule has 0 radical (unpaired) electrons. The quantitative estimate of drug-likeness (QED) is 0.391. The molecule has 7 heteroatoms. The van der Waals surface area contributed by atoms with Crippen molar-refractivity contribution >= 4 is 11.7 Å². The van der Waals surface area contributed by atoms with E-state index in [9.17, 15) is 14.9 Å². The summed E-state index contributed by atoms with van der Waals surface area (Å²) in [6.45, 7) is 0. The Hall–Kier alpha value is -3.09. The van der Waals surface area contributed by atoms with Crippen molar-refractivity contribution in [1.82, 2.24) is 0 Å². The zero-order chi connectivity index (χ0) is 19.6. The predicted octanol–water partition coefficient (Wildman–Crippen LogP) is 3.32. The lowest BCUT2D eigenvalue weighted by Crippen LogP contribution is -2.45. The summed E-state index contributed by atoms with van der Waals surface area (Å²) in [5.41, 5.74) is 1.69. The first-order valence-electron chi connectivity index (χ1n) is 8.71. The van der Waals surface area contributed by atoms with Crippen molar-refractivity contribution in [1.29, 1.82) is 0 Å². The van der Waals surface area contributed by atoms with Crippen LogP contribution in [-0.2, 0) is 16.0 Å². The fourth-order valence-corrected chi connectivity index (χ4v) is 2.86. The Kier molecular flexibility index (Phi) is 7.61. The van der Waals surface area contributed by atoms with E-state index in [1.807, 2.05) is 30.3 Å². The molecule has 0 saturated carbocycles. The lowest BCUT2D eigenvalue weighted by molar-refractivity contribution is -0.524. The van der Waals surface area contributed by atoms with Gasteiger partial charge in [0.05, 0.1) is 14.2 Å². The van der Waals surface area contributed by atoms with Crippen LogP contribution in [0.5, 0.6) is 5.75 Å². The van der Waals surface area contributed by atoms with E-state index < -0.39 is 23.0 Å². The molecule has 0 amide bonds. The van der Waals surface area contributed by atoms with Crippen molar-refractivity contribution in [2.24, 2.45) is 0 Å². The molecule has 7 nitrogen and oxygen atoms in total. The Balaban J connectivity index is 2.08. The minimum absolute atomic E-state index is 0.255. The minimum Gasteiger partial charge on any atom is -0.497 e. The van der Waals surface area contributed by atoms with Crippen LogP contribution in [0.25, 0.3) is 0 Å². The van der Waals surface area contributed by atoms with Gasteiger partial charge in [-0.05, 0) is 42.7 Å². The van der Waals surface area contributed by atoms with Gasteiger partial charge < -0.3 is 14.8 Å². The molecule has 2 aromatic rings. The van der Waals surface area contributed by atoms with Crippen LogP contribution in [0.1, 0.15) is 18.4 Å². The lowest BCUT2D eigenvalue weighted by Gasteiger charge is -2.21. The number of nitro groups is 1. The van der Waals surface area contributed by atoms with E-state index >= 15 is 0 Å². The number of methoxy groups -OCH3 is 2. The van der Waals surface area contributed by atoms with Crippen molar-refractivity contribution in [3.8, 4) is 5.75 Å².